The molecule has 16 heavy (non-hydrogen) atoms. The molecule has 1 unspecified atom stereocenters. The molecule has 0 aromatic carbocycles. The third-order valence-corrected chi connectivity index (χ3v) is 3.79. The van der Waals surface area contributed by atoms with Gasteiger partial charge in [0.15, 0.2) is 0 Å². The lowest BCUT2D eigenvalue weighted by Crippen LogP contribution is -2.07. The molecular weight excluding hydrogens is 218 g/mol. The topological polar surface area (TPSA) is 37.8 Å². The van der Waals surface area contributed by atoms with E-state index in [-0.39, 0.29) is 0 Å². The Hall–Kier alpha value is -0.770. The maximum Gasteiger partial charge on any atom is 0.223 e. The summed E-state index contributed by atoms with van der Waals surface area (Å²) in [6, 6.07) is 1.97. The summed E-state index contributed by atoms with van der Waals surface area (Å²) in [5.41, 5.74) is 0. The number of hydrogen-bond donors (Lipinski definition) is 1. The summed E-state index contributed by atoms with van der Waals surface area (Å²) in [5.74, 6) is 1.40. The minimum atomic E-state index is 0.578. The van der Waals surface area contributed by atoms with Gasteiger partial charge in [-0.3, -0.25) is 0 Å². The van der Waals surface area contributed by atoms with Crippen molar-refractivity contribution in [2.24, 2.45) is 5.92 Å². The molecule has 0 bridgehead atoms. The maximum absolute atomic E-state index is 4.47. The van der Waals surface area contributed by atoms with E-state index in [0.717, 1.165) is 23.9 Å². The van der Waals surface area contributed by atoms with E-state index in [1.807, 2.05) is 24.0 Å². The Morgan fingerprint density at radius 3 is 2.75 bits per heavy atom. The van der Waals surface area contributed by atoms with E-state index in [1.165, 1.54) is 0 Å². The van der Waals surface area contributed by atoms with Crippen LogP contribution in [0.5, 0.6) is 0 Å². The second-order valence-corrected chi connectivity index (χ2v) is 5.61. The van der Waals surface area contributed by atoms with Gasteiger partial charge < -0.3 is 5.32 Å². The van der Waals surface area contributed by atoms with Gasteiger partial charge in [-0.2, -0.15) is 0 Å². The fourth-order valence-corrected chi connectivity index (χ4v) is 1.99. The summed E-state index contributed by atoms with van der Waals surface area (Å²) in [4.78, 5) is 8.67. The molecule has 0 saturated carbocycles. The number of anilines is 1. The zero-order valence-electron chi connectivity index (χ0n) is 10.5. The third-order valence-electron chi connectivity index (χ3n) is 2.41. The summed E-state index contributed by atoms with van der Waals surface area (Å²) in [6.45, 7) is 9.75. The number of nitrogens with one attached hydrogen (secondary N) is 1. The fraction of sp³-hybridized carbons (Fsp3) is 0.667. The SMILES string of the molecule is CCCNc1nccc(SC(C)C(C)C)n1. The third kappa shape index (κ3) is 4.39. The minimum absolute atomic E-state index is 0.578. The van der Waals surface area contributed by atoms with E-state index < -0.39 is 0 Å². The van der Waals surface area contributed by atoms with Crippen molar-refractivity contribution in [3.05, 3.63) is 12.3 Å². The van der Waals surface area contributed by atoms with Crippen LogP contribution in [0.1, 0.15) is 34.1 Å². The van der Waals surface area contributed by atoms with Crippen LogP contribution in [0.4, 0.5) is 5.95 Å². The van der Waals surface area contributed by atoms with Crippen LogP contribution in [0.25, 0.3) is 0 Å². The Bertz CT molecular complexity index is 315. The van der Waals surface area contributed by atoms with E-state index in [4.69, 9.17) is 0 Å². The molecule has 0 radical (unpaired) electrons. The van der Waals surface area contributed by atoms with Crippen molar-refractivity contribution in [3.8, 4) is 0 Å². The van der Waals surface area contributed by atoms with Crippen molar-refractivity contribution < 1.29 is 0 Å². The van der Waals surface area contributed by atoms with E-state index in [1.54, 1.807) is 0 Å². The monoisotopic (exact) mass is 239 g/mol. The molecule has 4 heteroatoms. The van der Waals surface area contributed by atoms with E-state index in [0.29, 0.717) is 11.2 Å². The Labute approximate surface area is 102 Å². The van der Waals surface area contributed by atoms with Gasteiger partial charge in [-0.25, -0.2) is 9.97 Å². The van der Waals surface area contributed by atoms with Crippen LogP contribution in [-0.4, -0.2) is 21.8 Å². The fourth-order valence-electron chi connectivity index (χ4n) is 1.06. The summed E-state index contributed by atoms with van der Waals surface area (Å²) < 4.78 is 0. The molecule has 3 nitrogen and oxygen atoms in total. The molecule has 1 heterocycles. The molecular formula is C12H21N3S. The highest BCUT2D eigenvalue weighted by Gasteiger charge is 2.10. The molecule has 0 spiro atoms. The Morgan fingerprint density at radius 2 is 2.12 bits per heavy atom. The Balaban J connectivity index is 2.59. The summed E-state index contributed by atoms with van der Waals surface area (Å²) >= 11 is 1.81. The van der Waals surface area contributed by atoms with Crippen LogP contribution in [0.3, 0.4) is 0 Å². The van der Waals surface area contributed by atoms with Gasteiger partial charge in [-0.15, -0.1) is 11.8 Å². The quantitative estimate of drug-likeness (QED) is 0.609. The van der Waals surface area contributed by atoms with Gasteiger partial charge in [-0.05, 0) is 18.4 Å². The van der Waals surface area contributed by atoms with Crippen LogP contribution in [0.2, 0.25) is 0 Å². The van der Waals surface area contributed by atoms with Gasteiger partial charge in [0, 0.05) is 18.0 Å². The molecule has 0 aliphatic rings. The second kappa shape index (κ2) is 6.74. The highest BCUT2D eigenvalue weighted by atomic mass is 32.2. The Morgan fingerprint density at radius 1 is 1.38 bits per heavy atom. The summed E-state index contributed by atoms with van der Waals surface area (Å²) in [5, 5.41) is 4.83. The normalized spacial score (nSPS) is 12.8. The molecule has 1 aromatic heterocycles. The van der Waals surface area contributed by atoms with E-state index in [2.05, 4.69) is 43.0 Å². The number of thioether (sulfide) groups is 1. The van der Waals surface area contributed by atoms with Gasteiger partial charge in [0.1, 0.15) is 5.03 Å². The molecule has 0 saturated heterocycles. The lowest BCUT2D eigenvalue weighted by molar-refractivity contribution is 0.641. The molecule has 0 fully saturated rings. The van der Waals surface area contributed by atoms with Crippen LogP contribution in [0, 0.1) is 5.92 Å². The first kappa shape index (κ1) is 13.3. The Kier molecular flexibility index (Phi) is 5.60. The van der Waals surface area contributed by atoms with Gasteiger partial charge in [-0.1, -0.05) is 27.7 Å². The summed E-state index contributed by atoms with van der Waals surface area (Å²) in [7, 11) is 0. The average Bonchev–Trinajstić information content (AvgIpc) is 2.26. The first-order chi connectivity index (χ1) is 7.63. The maximum atomic E-state index is 4.47. The largest absolute Gasteiger partial charge is 0.354 e. The highest BCUT2D eigenvalue weighted by Crippen LogP contribution is 2.26. The smallest absolute Gasteiger partial charge is 0.223 e. The van der Waals surface area contributed by atoms with E-state index in [9.17, 15) is 0 Å². The van der Waals surface area contributed by atoms with Gasteiger partial charge in [0.25, 0.3) is 0 Å². The zero-order chi connectivity index (χ0) is 12.0. The first-order valence-electron chi connectivity index (χ1n) is 5.87. The summed E-state index contributed by atoms with van der Waals surface area (Å²) in [6.07, 6.45) is 2.91. The van der Waals surface area contributed by atoms with Gasteiger partial charge in [0.2, 0.25) is 5.95 Å². The molecule has 1 rings (SSSR count). The van der Waals surface area contributed by atoms with Crippen molar-refractivity contribution in [1.82, 2.24) is 9.97 Å². The molecule has 1 N–H and O–H groups in total. The van der Waals surface area contributed by atoms with Crippen LogP contribution >= 0.6 is 11.8 Å². The predicted octanol–water partition coefficient (Wildman–Crippen LogP) is 3.44. The van der Waals surface area contributed by atoms with Crippen LogP contribution in [-0.2, 0) is 0 Å². The van der Waals surface area contributed by atoms with Crippen molar-refractivity contribution in [2.75, 3.05) is 11.9 Å². The van der Waals surface area contributed by atoms with Crippen LogP contribution < -0.4 is 5.32 Å². The highest BCUT2D eigenvalue weighted by molar-refractivity contribution is 7.99. The first-order valence-corrected chi connectivity index (χ1v) is 6.75. The predicted molar refractivity (Wildman–Crippen MR) is 71.0 cm³/mol. The molecule has 1 aromatic rings. The second-order valence-electron chi connectivity index (χ2n) is 4.21. The lowest BCUT2D eigenvalue weighted by Gasteiger charge is -2.14. The number of hydrogen-bond acceptors (Lipinski definition) is 4. The minimum Gasteiger partial charge on any atom is -0.354 e. The number of rotatable bonds is 6. The zero-order valence-corrected chi connectivity index (χ0v) is 11.3. The lowest BCUT2D eigenvalue weighted by atomic mass is 10.2. The number of aromatic nitrogens is 2. The molecule has 0 aliphatic heterocycles. The van der Waals surface area contributed by atoms with Gasteiger partial charge >= 0.3 is 0 Å². The van der Waals surface area contributed by atoms with Crippen LogP contribution in [0.15, 0.2) is 17.3 Å². The van der Waals surface area contributed by atoms with Crippen molar-refractivity contribution in [2.45, 2.75) is 44.4 Å². The average molecular weight is 239 g/mol. The molecule has 0 amide bonds. The molecule has 0 aliphatic carbocycles. The number of nitrogens with zero attached hydrogens (tertiary/aromatic N) is 2. The standard InChI is InChI=1S/C12H21N3S/c1-5-7-13-12-14-8-6-11(15-12)16-10(4)9(2)3/h6,8-10H,5,7H2,1-4H3,(H,13,14,15). The van der Waals surface area contributed by atoms with Crippen molar-refractivity contribution >= 4 is 17.7 Å². The van der Waals surface area contributed by atoms with E-state index >= 15 is 0 Å². The van der Waals surface area contributed by atoms with Gasteiger partial charge in [0.05, 0.1) is 0 Å². The van der Waals surface area contributed by atoms with Crippen molar-refractivity contribution in [1.29, 1.82) is 0 Å². The van der Waals surface area contributed by atoms with Crippen molar-refractivity contribution in [3.63, 3.8) is 0 Å². The molecule has 90 valence electrons. The molecule has 1 atom stereocenters.